The number of anilines is 1. The summed E-state index contributed by atoms with van der Waals surface area (Å²) in [6, 6.07) is 6.07. The first-order valence-electron chi connectivity index (χ1n) is 10.8. The van der Waals surface area contributed by atoms with Crippen LogP contribution < -0.4 is 4.72 Å². The number of carbonyl (C=O) groups is 1. The van der Waals surface area contributed by atoms with Crippen molar-refractivity contribution in [1.82, 2.24) is 15.0 Å². The first kappa shape index (κ1) is 25.2. The zero-order valence-electron chi connectivity index (χ0n) is 20.1. The third kappa shape index (κ3) is 4.42. The maximum atomic E-state index is 13.9. The van der Waals surface area contributed by atoms with E-state index >= 15 is 0 Å². The number of benzene rings is 1. The van der Waals surface area contributed by atoms with Crippen molar-refractivity contribution in [2.75, 3.05) is 4.72 Å². The normalized spacial score (nSPS) is 11.8. The van der Waals surface area contributed by atoms with Gasteiger partial charge in [0, 0.05) is 27.4 Å². The highest BCUT2D eigenvalue weighted by Crippen LogP contribution is 2.34. The van der Waals surface area contributed by atoms with Crippen molar-refractivity contribution < 1.29 is 13.2 Å². The fraction of sp³-hybridized carbons (Fsp3) is 0.240. The number of nitrogens with one attached hydrogen (secondary N) is 2. The molecule has 3 aromatic heterocycles. The predicted octanol–water partition coefficient (Wildman–Crippen LogP) is 6.15. The summed E-state index contributed by atoms with van der Waals surface area (Å²) in [6.45, 7) is 10.6. The zero-order valence-corrected chi connectivity index (χ0v) is 22.4. The molecule has 7 nitrogen and oxygen atoms in total. The lowest BCUT2D eigenvalue weighted by Gasteiger charge is -2.17. The number of hydrogen-bond donors (Lipinski definition) is 2. The molecule has 0 aliphatic rings. The molecule has 0 aliphatic heterocycles. The topological polar surface area (TPSA) is 105 Å². The molecule has 4 aromatic rings. The molecule has 0 atom stereocenters. The van der Waals surface area contributed by atoms with Crippen LogP contribution in [-0.4, -0.2) is 29.2 Å². The van der Waals surface area contributed by atoms with Crippen molar-refractivity contribution in [3.8, 4) is 0 Å². The Morgan fingerprint density at radius 2 is 1.66 bits per heavy atom. The molecule has 3 heterocycles. The van der Waals surface area contributed by atoms with Crippen molar-refractivity contribution in [2.45, 2.75) is 46.4 Å². The summed E-state index contributed by atoms with van der Waals surface area (Å²) in [5.74, 6) is -0.435. The highest BCUT2D eigenvalue weighted by atomic mass is 35.5. The Morgan fingerprint density at radius 3 is 2.31 bits per heavy atom. The molecule has 182 valence electrons. The summed E-state index contributed by atoms with van der Waals surface area (Å²) in [7, 11) is -4.08. The van der Waals surface area contributed by atoms with Crippen LogP contribution in [0.15, 0.2) is 29.2 Å². The number of ketones is 1. The number of fused-ring (bicyclic) bond motifs is 1. The van der Waals surface area contributed by atoms with E-state index in [1.807, 2.05) is 13.8 Å². The van der Waals surface area contributed by atoms with Gasteiger partial charge in [-0.05, 0) is 82.5 Å². The summed E-state index contributed by atoms with van der Waals surface area (Å²) >= 11 is 12.5. The second-order valence-electron chi connectivity index (χ2n) is 8.62. The molecule has 2 N–H and O–H groups in total. The fourth-order valence-electron chi connectivity index (χ4n) is 4.01. The Hall–Kier alpha value is -2.94. The van der Waals surface area contributed by atoms with Crippen LogP contribution in [0.4, 0.5) is 5.69 Å². The highest BCUT2D eigenvalue weighted by molar-refractivity contribution is 7.92. The first-order chi connectivity index (χ1) is 16.3. The predicted molar refractivity (Wildman–Crippen MR) is 139 cm³/mol. The number of nitrogens with zero attached hydrogens (tertiary/aromatic N) is 2. The van der Waals surface area contributed by atoms with E-state index in [2.05, 4.69) is 19.7 Å². The van der Waals surface area contributed by atoms with Gasteiger partial charge in [0.1, 0.15) is 11.3 Å². The van der Waals surface area contributed by atoms with Crippen molar-refractivity contribution in [2.24, 2.45) is 0 Å². The molecule has 35 heavy (non-hydrogen) atoms. The Kier molecular flexibility index (Phi) is 6.42. The molecule has 0 amide bonds. The standard InChI is InChI=1S/C25H24Cl2N4O3S/c1-11-9-17(7-8-19(11)26)35(33,34)31-22-14(4)21(27)16(6)29-23(22)24(32)18-10-12(2)28-25-20(18)13(3)15(5)30-25/h7-10,31H,1-6H3,(H,28,30). The summed E-state index contributed by atoms with van der Waals surface area (Å²) < 4.78 is 29.2. The summed E-state index contributed by atoms with van der Waals surface area (Å²) in [5, 5.41) is 1.40. The molecular weight excluding hydrogens is 507 g/mol. The number of halogens is 2. The fourth-order valence-corrected chi connectivity index (χ4v) is 5.48. The minimum Gasteiger partial charge on any atom is -0.343 e. The molecule has 0 fully saturated rings. The second-order valence-corrected chi connectivity index (χ2v) is 11.1. The van der Waals surface area contributed by atoms with E-state index in [0.717, 1.165) is 11.3 Å². The molecule has 0 bridgehead atoms. The third-order valence-electron chi connectivity index (χ3n) is 6.06. The number of aryl methyl sites for hydroxylation is 5. The molecular formula is C25H24Cl2N4O3S. The van der Waals surface area contributed by atoms with Gasteiger partial charge in [-0.2, -0.15) is 0 Å². The van der Waals surface area contributed by atoms with Gasteiger partial charge in [-0.1, -0.05) is 23.2 Å². The van der Waals surface area contributed by atoms with E-state index in [0.29, 0.717) is 44.1 Å². The number of hydrogen-bond acceptors (Lipinski definition) is 5. The van der Waals surface area contributed by atoms with Crippen LogP contribution in [0.25, 0.3) is 11.0 Å². The molecule has 1 aromatic carbocycles. The van der Waals surface area contributed by atoms with Gasteiger partial charge < -0.3 is 4.98 Å². The molecule has 4 rings (SSSR count). The van der Waals surface area contributed by atoms with Crippen LogP contribution >= 0.6 is 23.2 Å². The van der Waals surface area contributed by atoms with E-state index in [-0.39, 0.29) is 21.3 Å². The third-order valence-corrected chi connectivity index (χ3v) is 8.39. The van der Waals surface area contributed by atoms with E-state index in [4.69, 9.17) is 23.2 Å². The van der Waals surface area contributed by atoms with Gasteiger partial charge in [-0.25, -0.2) is 18.4 Å². The van der Waals surface area contributed by atoms with Crippen molar-refractivity contribution in [3.63, 3.8) is 0 Å². The number of H-pyrrole nitrogens is 1. The van der Waals surface area contributed by atoms with E-state index in [9.17, 15) is 13.2 Å². The average molecular weight is 531 g/mol. The second kappa shape index (κ2) is 8.93. The molecule has 0 unspecified atom stereocenters. The van der Waals surface area contributed by atoms with Gasteiger partial charge in [-0.15, -0.1) is 0 Å². The number of aromatic amines is 1. The Labute approximate surface area is 214 Å². The van der Waals surface area contributed by atoms with Crippen LogP contribution in [0.2, 0.25) is 10.0 Å². The maximum absolute atomic E-state index is 13.9. The Bertz CT molecular complexity index is 1640. The first-order valence-corrected chi connectivity index (χ1v) is 13.0. The maximum Gasteiger partial charge on any atom is 0.261 e. The molecule has 0 aliphatic carbocycles. The van der Waals surface area contributed by atoms with Crippen LogP contribution in [0.3, 0.4) is 0 Å². The van der Waals surface area contributed by atoms with Gasteiger partial charge in [0.2, 0.25) is 5.78 Å². The Morgan fingerprint density at radius 1 is 0.971 bits per heavy atom. The van der Waals surface area contributed by atoms with Gasteiger partial charge in [0.05, 0.1) is 21.3 Å². The number of carbonyl (C=O) groups excluding carboxylic acids is 1. The number of rotatable bonds is 5. The number of sulfonamides is 1. The van der Waals surface area contributed by atoms with Gasteiger partial charge in [0.15, 0.2) is 0 Å². The molecule has 0 saturated carbocycles. The number of pyridine rings is 2. The smallest absolute Gasteiger partial charge is 0.261 e. The highest BCUT2D eigenvalue weighted by Gasteiger charge is 2.27. The van der Waals surface area contributed by atoms with E-state index < -0.39 is 15.8 Å². The average Bonchev–Trinajstić information content (AvgIpc) is 3.07. The minimum absolute atomic E-state index is 0.00754. The largest absolute Gasteiger partial charge is 0.343 e. The SMILES string of the molecule is Cc1cc(C(=O)c2nc(C)c(Cl)c(C)c2NS(=O)(=O)c2ccc(Cl)c(C)c2)c2c(C)c(C)[nH]c2n1. The van der Waals surface area contributed by atoms with Crippen LogP contribution in [0, 0.1) is 41.5 Å². The summed E-state index contributed by atoms with van der Waals surface area (Å²) in [6.07, 6.45) is 0. The zero-order chi connectivity index (χ0) is 25.8. The lowest BCUT2D eigenvalue weighted by molar-refractivity contribution is 0.103. The summed E-state index contributed by atoms with van der Waals surface area (Å²) in [4.78, 5) is 26.1. The molecule has 10 heteroatoms. The summed E-state index contributed by atoms with van der Waals surface area (Å²) in [5.41, 5.74) is 4.81. The van der Waals surface area contributed by atoms with E-state index in [1.54, 1.807) is 33.8 Å². The van der Waals surface area contributed by atoms with Gasteiger partial charge >= 0.3 is 0 Å². The van der Waals surface area contributed by atoms with Crippen LogP contribution in [0.1, 0.15) is 49.8 Å². The van der Waals surface area contributed by atoms with Crippen molar-refractivity contribution in [3.05, 3.63) is 79.3 Å². The Balaban J connectivity index is 1.93. The van der Waals surface area contributed by atoms with Crippen LogP contribution in [-0.2, 0) is 10.0 Å². The minimum atomic E-state index is -4.08. The monoisotopic (exact) mass is 530 g/mol. The van der Waals surface area contributed by atoms with Crippen LogP contribution in [0.5, 0.6) is 0 Å². The lowest BCUT2D eigenvalue weighted by atomic mass is 9.99. The van der Waals surface area contributed by atoms with Crippen molar-refractivity contribution >= 4 is 55.7 Å². The molecule has 0 spiro atoms. The van der Waals surface area contributed by atoms with Gasteiger partial charge in [-0.3, -0.25) is 9.52 Å². The number of aromatic nitrogens is 3. The van der Waals surface area contributed by atoms with Gasteiger partial charge in [0.25, 0.3) is 10.0 Å². The van der Waals surface area contributed by atoms with Crippen molar-refractivity contribution in [1.29, 1.82) is 0 Å². The lowest BCUT2D eigenvalue weighted by Crippen LogP contribution is -2.19. The van der Waals surface area contributed by atoms with E-state index in [1.165, 1.54) is 18.2 Å². The quantitative estimate of drug-likeness (QED) is 0.301. The molecule has 0 saturated heterocycles. The molecule has 0 radical (unpaired) electrons.